The van der Waals surface area contributed by atoms with Crippen LogP contribution >= 0.6 is 12.4 Å². The molecule has 0 aliphatic carbocycles. The minimum absolute atomic E-state index is 0. The van der Waals surface area contributed by atoms with E-state index < -0.39 is 18.3 Å². The molecule has 1 amide bonds. The summed E-state index contributed by atoms with van der Waals surface area (Å²) in [6.07, 6.45) is -4.06. The van der Waals surface area contributed by atoms with E-state index in [9.17, 15) is 22.4 Å². The quantitative estimate of drug-likeness (QED) is 0.791. The summed E-state index contributed by atoms with van der Waals surface area (Å²) in [4.78, 5) is 10.9. The molecule has 0 saturated carbocycles. The number of hydrogen-bond donors (Lipinski definition) is 2. The van der Waals surface area contributed by atoms with Gasteiger partial charge < -0.3 is 15.8 Å². The third kappa shape index (κ3) is 4.86. The number of alkyl halides is 4. The van der Waals surface area contributed by atoms with Crippen LogP contribution < -0.4 is 15.8 Å². The molecule has 3 N–H and O–H groups in total. The lowest BCUT2D eigenvalue weighted by Crippen LogP contribution is -2.40. The summed E-state index contributed by atoms with van der Waals surface area (Å²) in [5.74, 6) is -6.36. The van der Waals surface area contributed by atoms with Crippen LogP contribution in [0.5, 0.6) is 5.75 Å². The number of rotatable bonds is 6. The fourth-order valence-electron chi connectivity index (χ4n) is 1.12. The van der Waals surface area contributed by atoms with Crippen molar-refractivity contribution in [2.45, 2.75) is 12.3 Å². The van der Waals surface area contributed by atoms with E-state index in [4.69, 9.17) is 10.5 Å². The van der Waals surface area contributed by atoms with Crippen molar-refractivity contribution in [2.24, 2.45) is 5.73 Å². The van der Waals surface area contributed by atoms with Crippen molar-refractivity contribution in [2.75, 3.05) is 18.5 Å². The lowest BCUT2D eigenvalue weighted by Gasteiger charge is -2.15. The molecule has 0 spiro atoms. The second-order valence-electron chi connectivity index (χ2n) is 3.54. The van der Waals surface area contributed by atoms with Gasteiger partial charge in [-0.1, -0.05) is 0 Å². The van der Waals surface area contributed by atoms with Crippen molar-refractivity contribution in [3.63, 3.8) is 0 Å². The van der Waals surface area contributed by atoms with E-state index in [2.05, 4.69) is 0 Å². The zero-order valence-electron chi connectivity index (χ0n) is 10.1. The van der Waals surface area contributed by atoms with Crippen molar-refractivity contribution in [3.8, 4) is 5.75 Å². The number of nitrogens with two attached hydrogens (primary N) is 1. The molecule has 1 aromatic carbocycles. The van der Waals surface area contributed by atoms with Crippen LogP contribution in [0, 0.1) is 0 Å². The summed E-state index contributed by atoms with van der Waals surface area (Å²) in [7, 11) is 0. The molecule has 20 heavy (non-hydrogen) atoms. The van der Waals surface area contributed by atoms with E-state index in [0.29, 0.717) is 12.3 Å². The Hall–Kier alpha value is -1.54. The number of halogens is 5. The van der Waals surface area contributed by atoms with Gasteiger partial charge in [-0.05, 0) is 24.3 Å². The zero-order chi connectivity index (χ0) is 14.5. The summed E-state index contributed by atoms with van der Waals surface area (Å²) in [5.41, 5.74) is 5.18. The maximum atomic E-state index is 12.7. The molecule has 0 unspecified atom stereocenters. The normalized spacial score (nSPS) is 10.9. The second-order valence-corrected chi connectivity index (χ2v) is 3.54. The van der Waals surface area contributed by atoms with Crippen molar-refractivity contribution in [1.29, 1.82) is 0 Å². The van der Waals surface area contributed by atoms with Gasteiger partial charge in [-0.2, -0.15) is 8.78 Å². The molecule has 4 nitrogen and oxygen atoms in total. The highest BCUT2D eigenvalue weighted by Crippen LogP contribution is 2.25. The highest BCUT2D eigenvalue weighted by Gasteiger charge is 2.48. The lowest BCUT2D eigenvalue weighted by atomic mass is 10.2. The molecule has 0 aromatic heterocycles. The Morgan fingerprint density at radius 3 is 2.30 bits per heavy atom. The third-order valence-electron chi connectivity index (χ3n) is 2.08. The molecule has 0 atom stereocenters. The SMILES string of the molecule is Cl.NCCOc1ccc(NC(=O)C(F)(F)C(F)F)cc1. The van der Waals surface area contributed by atoms with E-state index >= 15 is 0 Å². The third-order valence-corrected chi connectivity index (χ3v) is 2.08. The molecule has 0 bridgehead atoms. The Kier molecular flexibility index (Phi) is 7.30. The molecule has 0 radical (unpaired) electrons. The fourth-order valence-corrected chi connectivity index (χ4v) is 1.12. The Morgan fingerprint density at radius 2 is 1.85 bits per heavy atom. The average molecular weight is 317 g/mol. The zero-order valence-corrected chi connectivity index (χ0v) is 10.9. The molecule has 0 aliphatic rings. The summed E-state index contributed by atoms with van der Waals surface area (Å²) < 4.78 is 54.3. The van der Waals surface area contributed by atoms with E-state index in [-0.39, 0.29) is 24.7 Å². The first-order valence-electron chi connectivity index (χ1n) is 5.28. The first kappa shape index (κ1) is 18.5. The highest BCUT2D eigenvalue weighted by molar-refractivity contribution is 5.96. The van der Waals surface area contributed by atoms with Crippen molar-refractivity contribution >= 4 is 24.0 Å². The van der Waals surface area contributed by atoms with Crippen LogP contribution in [0.25, 0.3) is 0 Å². The van der Waals surface area contributed by atoms with Gasteiger partial charge in [0.2, 0.25) is 0 Å². The lowest BCUT2D eigenvalue weighted by molar-refractivity contribution is -0.163. The van der Waals surface area contributed by atoms with Gasteiger partial charge in [0.1, 0.15) is 12.4 Å². The van der Waals surface area contributed by atoms with Crippen molar-refractivity contribution in [3.05, 3.63) is 24.3 Å². The fraction of sp³-hybridized carbons (Fsp3) is 0.364. The molecule has 1 aromatic rings. The predicted octanol–water partition coefficient (Wildman–Crippen LogP) is 2.28. The Balaban J connectivity index is 0.00000361. The van der Waals surface area contributed by atoms with Gasteiger partial charge in [0.05, 0.1) is 0 Å². The molecular weight excluding hydrogens is 304 g/mol. The number of hydrogen-bond acceptors (Lipinski definition) is 3. The van der Waals surface area contributed by atoms with Gasteiger partial charge in [0.25, 0.3) is 0 Å². The molecule has 9 heteroatoms. The molecule has 0 heterocycles. The number of carbonyl (C=O) groups excluding carboxylic acids is 1. The molecule has 1 rings (SSSR count). The van der Waals surface area contributed by atoms with Crippen LogP contribution in [0.3, 0.4) is 0 Å². The number of nitrogens with one attached hydrogen (secondary N) is 1. The van der Waals surface area contributed by atoms with Gasteiger partial charge in [0.15, 0.2) is 0 Å². The molecule has 114 valence electrons. The molecule has 0 aliphatic heterocycles. The summed E-state index contributed by atoms with van der Waals surface area (Å²) in [5, 5.41) is 1.70. The maximum absolute atomic E-state index is 12.7. The first-order chi connectivity index (χ1) is 8.87. The number of ether oxygens (including phenoxy) is 1. The number of carbonyl (C=O) groups is 1. The maximum Gasteiger partial charge on any atom is 0.383 e. The van der Waals surface area contributed by atoms with Crippen LogP contribution in [0.1, 0.15) is 0 Å². The molecule has 0 saturated heterocycles. The van der Waals surface area contributed by atoms with Crippen molar-refractivity contribution in [1.82, 2.24) is 0 Å². The minimum Gasteiger partial charge on any atom is -0.492 e. The van der Waals surface area contributed by atoms with Crippen LogP contribution in [0.2, 0.25) is 0 Å². The summed E-state index contributed by atoms with van der Waals surface area (Å²) in [6.45, 7) is 0.578. The van der Waals surface area contributed by atoms with E-state index in [1.807, 2.05) is 0 Å². The van der Waals surface area contributed by atoms with Gasteiger partial charge >= 0.3 is 18.3 Å². The van der Waals surface area contributed by atoms with Crippen molar-refractivity contribution < 1.29 is 27.1 Å². The standard InChI is InChI=1S/C11H12F4N2O2.ClH/c12-9(13)11(14,15)10(18)17-7-1-3-8(4-2-7)19-6-5-16;/h1-4,9H,5-6,16H2,(H,17,18);1H. The average Bonchev–Trinajstić information content (AvgIpc) is 2.37. The van der Waals surface area contributed by atoms with E-state index in [1.165, 1.54) is 24.3 Å². The van der Waals surface area contributed by atoms with Crippen LogP contribution in [-0.4, -0.2) is 31.4 Å². The topological polar surface area (TPSA) is 64.3 Å². The summed E-state index contributed by atoms with van der Waals surface area (Å²) >= 11 is 0. The summed E-state index contributed by atoms with van der Waals surface area (Å²) in [6, 6.07) is 5.30. The Labute approximate surface area is 118 Å². The highest BCUT2D eigenvalue weighted by atomic mass is 35.5. The Morgan fingerprint density at radius 1 is 1.30 bits per heavy atom. The second kappa shape index (κ2) is 7.91. The minimum atomic E-state index is -4.73. The molecular formula is C11H13ClF4N2O2. The Bertz CT molecular complexity index is 429. The van der Waals surface area contributed by atoms with Gasteiger partial charge in [-0.3, -0.25) is 4.79 Å². The van der Waals surface area contributed by atoms with Crippen LogP contribution in [0.4, 0.5) is 23.2 Å². The smallest absolute Gasteiger partial charge is 0.383 e. The van der Waals surface area contributed by atoms with Gasteiger partial charge in [-0.25, -0.2) is 8.78 Å². The monoisotopic (exact) mass is 316 g/mol. The largest absolute Gasteiger partial charge is 0.492 e. The van der Waals surface area contributed by atoms with E-state index in [1.54, 1.807) is 5.32 Å². The van der Waals surface area contributed by atoms with Gasteiger partial charge in [0, 0.05) is 12.2 Å². The molecule has 0 fully saturated rings. The number of amides is 1. The predicted molar refractivity (Wildman–Crippen MR) is 67.8 cm³/mol. The van der Waals surface area contributed by atoms with Gasteiger partial charge in [-0.15, -0.1) is 12.4 Å². The first-order valence-corrected chi connectivity index (χ1v) is 5.28. The van der Waals surface area contributed by atoms with Crippen LogP contribution in [0.15, 0.2) is 24.3 Å². The number of anilines is 1. The number of benzene rings is 1. The van der Waals surface area contributed by atoms with E-state index in [0.717, 1.165) is 0 Å². The van der Waals surface area contributed by atoms with Crippen LogP contribution in [-0.2, 0) is 4.79 Å².